The molecule has 0 aromatic carbocycles. The molecule has 0 unspecified atom stereocenters. The largest absolute Gasteiger partial charge is 0.481 e. The van der Waals surface area contributed by atoms with Crippen LogP contribution in [-0.4, -0.2) is 58.2 Å². The molecule has 0 spiro atoms. The number of carboxylic acid groups (broad SMARTS) is 1. The summed E-state index contributed by atoms with van der Waals surface area (Å²) < 4.78 is 0. The van der Waals surface area contributed by atoms with E-state index in [9.17, 15) is 9.59 Å². The third-order valence-electron chi connectivity index (χ3n) is 2.66. The Hall–Kier alpha value is -0.750. The summed E-state index contributed by atoms with van der Waals surface area (Å²) in [5.74, 6) is -0.0755. The number of hydrogen-bond acceptors (Lipinski definition) is 4. The molecule has 6 heteroatoms. The molecule has 1 fully saturated rings. The summed E-state index contributed by atoms with van der Waals surface area (Å²) in [6.07, 6.45) is 1.09. The van der Waals surface area contributed by atoms with Crippen LogP contribution in [0.4, 0.5) is 0 Å². The van der Waals surface area contributed by atoms with Gasteiger partial charge in [-0.3, -0.25) is 9.59 Å². The Bertz CT molecular complexity index is 251. The minimum Gasteiger partial charge on any atom is -0.481 e. The van der Waals surface area contributed by atoms with E-state index >= 15 is 0 Å². The second-order valence-corrected chi connectivity index (χ2v) is 4.87. The van der Waals surface area contributed by atoms with Gasteiger partial charge in [0.15, 0.2) is 0 Å². The molecule has 0 radical (unpaired) electrons. The van der Waals surface area contributed by atoms with Crippen molar-refractivity contribution in [1.29, 1.82) is 0 Å². The Morgan fingerprint density at radius 2 is 1.94 bits per heavy atom. The second kappa shape index (κ2) is 6.75. The Balaban J connectivity index is 2.25. The lowest BCUT2D eigenvalue weighted by Gasteiger charge is -2.30. The molecule has 5 nitrogen and oxygen atoms in total. The molecule has 0 saturated carbocycles. The van der Waals surface area contributed by atoms with Gasteiger partial charge in [0.1, 0.15) is 0 Å². The van der Waals surface area contributed by atoms with Crippen molar-refractivity contribution >= 4 is 23.6 Å². The number of aliphatic hydroxyl groups is 1. The first kappa shape index (κ1) is 13.3. The topological polar surface area (TPSA) is 77.8 Å². The van der Waals surface area contributed by atoms with E-state index in [1.54, 1.807) is 4.90 Å². The number of likely N-dealkylation sites (tertiary alicyclic amines) is 1. The van der Waals surface area contributed by atoms with Crippen molar-refractivity contribution in [3.8, 4) is 0 Å². The van der Waals surface area contributed by atoms with Crippen LogP contribution in [0.25, 0.3) is 0 Å². The van der Waals surface area contributed by atoms with E-state index in [-0.39, 0.29) is 18.4 Å². The fraction of sp³-hybridized carbons (Fsp3) is 0.800. The predicted octanol–water partition coefficient (Wildman–Crippen LogP) is 0.0351. The molecular formula is C10H17NO4S. The van der Waals surface area contributed by atoms with Gasteiger partial charge in [-0.25, -0.2) is 0 Å². The highest BCUT2D eigenvalue weighted by Gasteiger charge is 2.26. The maximum absolute atomic E-state index is 11.6. The average Bonchev–Trinajstić information content (AvgIpc) is 2.29. The van der Waals surface area contributed by atoms with Crippen LogP contribution in [-0.2, 0) is 9.59 Å². The molecule has 0 bridgehead atoms. The van der Waals surface area contributed by atoms with E-state index < -0.39 is 5.97 Å². The van der Waals surface area contributed by atoms with E-state index in [4.69, 9.17) is 10.2 Å². The van der Waals surface area contributed by atoms with Crippen molar-refractivity contribution in [3.05, 3.63) is 0 Å². The Kier molecular flexibility index (Phi) is 5.62. The zero-order valence-corrected chi connectivity index (χ0v) is 9.91. The van der Waals surface area contributed by atoms with Crippen molar-refractivity contribution in [2.24, 2.45) is 5.92 Å². The number of carboxylic acids is 1. The van der Waals surface area contributed by atoms with E-state index in [2.05, 4.69) is 0 Å². The van der Waals surface area contributed by atoms with E-state index in [0.717, 1.165) is 0 Å². The molecule has 16 heavy (non-hydrogen) atoms. The molecule has 0 aromatic heterocycles. The van der Waals surface area contributed by atoms with Crippen LogP contribution in [0.5, 0.6) is 0 Å². The lowest BCUT2D eigenvalue weighted by Crippen LogP contribution is -2.41. The highest BCUT2D eigenvalue weighted by atomic mass is 32.2. The lowest BCUT2D eigenvalue weighted by molar-refractivity contribution is -0.145. The third-order valence-corrected chi connectivity index (χ3v) is 3.58. The van der Waals surface area contributed by atoms with Crippen molar-refractivity contribution < 1.29 is 19.8 Å². The summed E-state index contributed by atoms with van der Waals surface area (Å²) in [4.78, 5) is 24.0. The average molecular weight is 247 g/mol. The van der Waals surface area contributed by atoms with Gasteiger partial charge in [-0.15, -0.1) is 11.8 Å². The third kappa shape index (κ3) is 4.02. The summed E-state index contributed by atoms with van der Waals surface area (Å²) in [5, 5.41) is 17.4. The minimum atomic E-state index is -0.762. The molecule has 1 saturated heterocycles. The zero-order valence-electron chi connectivity index (χ0n) is 9.09. The number of piperidine rings is 1. The fourth-order valence-corrected chi connectivity index (χ4v) is 2.32. The summed E-state index contributed by atoms with van der Waals surface area (Å²) in [6, 6.07) is 0. The van der Waals surface area contributed by atoms with Gasteiger partial charge in [0.25, 0.3) is 0 Å². The molecule has 92 valence electrons. The first-order valence-corrected chi connectivity index (χ1v) is 6.49. The molecule has 0 aromatic rings. The molecule has 1 aliphatic heterocycles. The van der Waals surface area contributed by atoms with Crippen molar-refractivity contribution in [2.45, 2.75) is 12.8 Å². The standard InChI is InChI=1S/C10H17NO4S/c12-5-6-16-7-9(13)11-3-1-8(2-4-11)10(14)15/h8,12H,1-7H2,(H,14,15). The molecule has 0 atom stereocenters. The number of hydrogen-bond donors (Lipinski definition) is 2. The highest BCUT2D eigenvalue weighted by Crippen LogP contribution is 2.18. The molecule has 1 rings (SSSR count). The molecule has 1 aliphatic rings. The van der Waals surface area contributed by atoms with Gasteiger partial charge < -0.3 is 15.1 Å². The number of carbonyl (C=O) groups excluding carboxylic acids is 1. The molecule has 0 aliphatic carbocycles. The molecular weight excluding hydrogens is 230 g/mol. The van der Waals surface area contributed by atoms with Gasteiger partial charge in [0.2, 0.25) is 5.91 Å². The molecule has 1 heterocycles. The van der Waals surface area contributed by atoms with Gasteiger partial charge in [-0.1, -0.05) is 0 Å². The van der Waals surface area contributed by atoms with Gasteiger partial charge in [-0.05, 0) is 12.8 Å². The summed E-state index contributed by atoms with van der Waals surface area (Å²) >= 11 is 1.40. The Morgan fingerprint density at radius 1 is 1.31 bits per heavy atom. The van der Waals surface area contributed by atoms with Crippen LogP contribution in [0.3, 0.4) is 0 Å². The maximum atomic E-state index is 11.6. The summed E-state index contributed by atoms with van der Waals surface area (Å²) in [6.45, 7) is 1.16. The van der Waals surface area contributed by atoms with Crippen LogP contribution in [0.2, 0.25) is 0 Å². The number of aliphatic carboxylic acids is 1. The fourth-order valence-electron chi connectivity index (χ4n) is 1.69. The number of aliphatic hydroxyl groups excluding tert-OH is 1. The predicted molar refractivity (Wildman–Crippen MR) is 61.4 cm³/mol. The smallest absolute Gasteiger partial charge is 0.306 e. The summed E-state index contributed by atoms with van der Waals surface area (Å²) in [5.41, 5.74) is 0. The molecule has 2 N–H and O–H groups in total. The first-order chi connectivity index (χ1) is 7.65. The van der Waals surface area contributed by atoms with E-state index in [1.807, 2.05) is 0 Å². The van der Waals surface area contributed by atoms with Crippen LogP contribution < -0.4 is 0 Å². The van der Waals surface area contributed by atoms with Crippen molar-refractivity contribution in [2.75, 3.05) is 31.2 Å². The lowest BCUT2D eigenvalue weighted by atomic mass is 9.97. The van der Waals surface area contributed by atoms with Crippen LogP contribution in [0, 0.1) is 5.92 Å². The Labute approximate surface area is 98.8 Å². The van der Waals surface area contributed by atoms with Crippen molar-refractivity contribution in [1.82, 2.24) is 4.90 Å². The SMILES string of the molecule is O=C(O)C1CCN(C(=O)CSCCO)CC1. The van der Waals surface area contributed by atoms with E-state index in [0.29, 0.717) is 37.4 Å². The van der Waals surface area contributed by atoms with Gasteiger partial charge in [0.05, 0.1) is 18.3 Å². The van der Waals surface area contributed by atoms with Crippen molar-refractivity contribution in [3.63, 3.8) is 0 Å². The maximum Gasteiger partial charge on any atom is 0.306 e. The summed E-state index contributed by atoms with van der Waals surface area (Å²) in [7, 11) is 0. The van der Waals surface area contributed by atoms with Gasteiger partial charge in [0, 0.05) is 18.8 Å². The number of rotatable bonds is 5. The second-order valence-electron chi connectivity index (χ2n) is 3.77. The van der Waals surface area contributed by atoms with Crippen LogP contribution in [0.1, 0.15) is 12.8 Å². The number of carbonyl (C=O) groups is 2. The monoisotopic (exact) mass is 247 g/mol. The van der Waals surface area contributed by atoms with E-state index in [1.165, 1.54) is 11.8 Å². The van der Waals surface area contributed by atoms with Crippen LogP contribution in [0.15, 0.2) is 0 Å². The molecule has 1 amide bonds. The van der Waals surface area contributed by atoms with Gasteiger partial charge in [-0.2, -0.15) is 0 Å². The quantitative estimate of drug-likeness (QED) is 0.670. The Morgan fingerprint density at radius 3 is 2.44 bits per heavy atom. The number of nitrogens with zero attached hydrogens (tertiary/aromatic N) is 1. The number of thioether (sulfide) groups is 1. The highest BCUT2D eigenvalue weighted by molar-refractivity contribution is 7.99. The first-order valence-electron chi connectivity index (χ1n) is 5.34. The van der Waals surface area contributed by atoms with Crippen LogP contribution >= 0.6 is 11.8 Å². The normalized spacial score (nSPS) is 17.4. The minimum absolute atomic E-state index is 0.0438. The van der Waals surface area contributed by atoms with Gasteiger partial charge >= 0.3 is 5.97 Å². The number of amides is 1. The zero-order chi connectivity index (χ0) is 12.0.